The summed E-state index contributed by atoms with van der Waals surface area (Å²) in [5.74, 6) is 1.75. The van der Waals surface area contributed by atoms with Crippen LogP contribution < -0.4 is 0 Å². The maximum atomic E-state index is 12.6. The number of likely N-dealkylation sites (tertiary alicyclic amines) is 1. The Morgan fingerprint density at radius 1 is 1.00 bits per heavy atom. The number of nitrogens with zero attached hydrogens (tertiary/aromatic N) is 1. The molecule has 22 heavy (non-hydrogen) atoms. The van der Waals surface area contributed by atoms with E-state index in [0.29, 0.717) is 18.7 Å². The lowest BCUT2D eigenvalue weighted by atomic mass is 9.73. The van der Waals surface area contributed by atoms with E-state index < -0.39 is 0 Å². The van der Waals surface area contributed by atoms with Gasteiger partial charge >= 0.3 is 5.97 Å². The van der Waals surface area contributed by atoms with Gasteiger partial charge in [0, 0.05) is 12.1 Å². The van der Waals surface area contributed by atoms with Gasteiger partial charge in [-0.15, -0.1) is 0 Å². The van der Waals surface area contributed by atoms with E-state index in [1.54, 1.807) is 0 Å². The van der Waals surface area contributed by atoms with Crippen LogP contribution in [0.25, 0.3) is 0 Å². The molecule has 0 N–H and O–H groups in total. The van der Waals surface area contributed by atoms with Crippen LogP contribution in [0.5, 0.6) is 0 Å². The molecule has 0 aromatic carbocycles. The molecule has 3 fully saturated rings. The number of fused-ring (bicyclic) bond motifs is 3. The largest absolute Gasteiger partial charge is 0.465 e. The van der Waals surface area contributed by atoms with E-state index in [4.69, 9.17) is 4.74 Å². The second kappa shape index (κ2) is 7.33. The maximum Gasteiger partial charge on any atom is 0.323 e. The normalized spacial score (nSPS) is 36.5. The quantitative estimate of drug-likeness (QED) is 0.715. The summed E-state index contributed by atoms with van der Waals surface area (Å²) in [7, 11) is 0. The molecule has 3 aliphatic rings. The van der Waals surface area contributed by atoms with Gasteiger partial charge in [0.2, 0.25) is 0 Å². The molecule has 0 spiro atoms. The van der Waals surface area contributed by atoms with Crippen LogP contribution in [0, 0.1) is 11.8 Å². The van der Waals surface area contributed by atoms with Crippen LogP contribution in [0.1, 0.15) is 78.1 Å². The summed E-state index contributed by atoms with van der Waals surface area (Å²) in [6.45, 7) is 4.80. The Morgan fingerprint density at radius 2 is 1.55 bits per heavy atom. The van der Waals surface area contributed by atoms with E-state index in [0.717, 1.165) is 24.7 Å². The van der Waals surface area contributed by atoms with E-state index in [9.17, 15) is 4.79 Å². The molecular formula is C19H33NO2. The van der Waals surface area contributed by atoms with Crippen LogP contribution in [0.15, 0.2) is 0 Å². The van der Waals surface area contributed by atoms with Gasteiger partial charge in [0.15, 0.2) is 0 Å². The van der Waals surface area contributed by atoms with Crippen LogP contribution in [-0.2, 0) is 9.53 Å². The van der Waals surface area contributed by atoms with Crippen molar-refractivity contribution < 1.29 is 9.53 Å². The number of ether oxygens (including phenoxy) is 1. The molecule has 3 nitrogen and oxygen atoms in total. The molecule has 2 saturated carbocycles. The van der Waals surface area contributed by atoms with Crippen LogP contribution in [0.4, 0.5) is 0 Å². The lowest BCUT2D eigenvalue weighted by Crippen LogP contribution is -2.50. The molecule has 0 amide bonds. The fourth-order valence-electron chi connectivity index (χ4n) is 5.53. The van der Waals surface area contributed by atoms with Crippen molar-refractivity contribution in [2.45, 2.75) is 96.2 Å². The molecular weight excluding hydrogens is 274 g/mol. The summed E-state index contributed by atoms with van der Waals surface area (Å²) in [5, 5.41) is 0. The van der Waals surface area contributed by atoms with Gasteiger partial charge in [-0.25, -0.2) is 0 Å². The average molecular weight is 307 g/mol. The van der Waals surface area contributed by atoms with Crippen molar-refractivity contribution in [3.05, 3.63) is 0 Å². The predicted molar refractivity (Wildman–Crippen MR) is 88.7 cm³/mol. The fourth-order valence-corrected chi connectivity index (χ4v) is 5.53. The van der Waals surface area contributed by atoms with Gasteiger partial charge in [0.25, 0.3) is 0 Å². The Labute approximate surface area is 135 Å². The number of esters is 1. The number of hydrogen-bond donors (Lipinski definition) is 0. The predicted octanol–water partition coefficient (Wildman–Crippen LogP) is 4.15. The van der Waals surface area contributed by atoms with Gasteiger partial charge < -0.3 is 4.74 Å². The summed E-state index contributed by atoms with van der Waals surface area (Å²) < 4.78 is 5.54. The molecule has 3 rings (SSSR count). The fraction of sp³-hybridized carbons (Fsp3) is 0.947. The van der Waals surface area contributed by atoms with Crippen molar-refractivity contribution in [2.75, 3.05) is 6.61 Å². The highest BCUT2D eigenvalue weighted by Gasteiger charge is 2.52. The van der Waals surface area contributed by atoms with E-state index in [2.05, 4.69) is 18.7 Å². The summed E-state index contributed by atoms with van der Waals surface area (Å²) >= 11 is 0. The molecule has 1 saturated heterocycles. The highest BCUT2D eigenvalue weighted by molar-refractivity contribution is 5.76. The van der Waals surface area contributed by atoms with Crippen molar-refractivity contribution in [1.29, 1.82) is 0 Å². The number of rotatable bonds is 5. The second-order valence-corrected chi connectivity index (χ2v) is 7.57. The molecule has 0 aromatic rings. The SMILES string of the molecule is CCCOC(=O)C(CC)N1C2CCCCC2C2CCCCC21. The third kappa shape index (κ3) is 2.93. The van der Waals surface area contributed by atoms with Crippen molar-refractivity contribution in [3.8, 4) is 0 Å². The van der Waals surface area contributed by atoms with Crippen LogP contribution in [-0.4, -0.2) is 35.6 Å². The molecule has 126 valence electrons. The van der Waals surface area contributed by atoms with Gasteiger partial charge in [-0.3, -0.25) is 9.69 Å². The van der Waals surface area contributed by atoms with Crippen LogP contribution >= 0.6 is 0 Å². The van der Waals surface area contributed by atoms with Crippen LogP contribution in [0.2, 0.25) is 0 Å². The molecule has 1 heterocycles. The van der Waals surface area contributed by atoms with E-state index in [1.807, 2.05) is 0 Å². The van der Waals surface area contributed by atoms with Gasteiger partial charge in [0.1, 0.15) is 6.04 Å². The number of hydrogen-bond acceptors (Lipinski definition) is 3. The second-order valence-electron chi connectivity index (χ2n) is 7.57. The lowest BCUT2D eigenvalue weighted by Gasteiger charge is -2.38. The maximum absolute atomic E-state index is 12.6. The molecule has 5 atom stereocenters. The van der Waals surface area contributed by atoms with Gasteiger partial charge in [-0.2, -0.15) is 0 Å². The first-order chi connectivity index (χ1) is 10.8. The van der Waals surface area contributed by atoms with E-state index in [1.165, 1.54) is 51.4 Å². The highest BCUT2D eigenvalue weighted by atomic mass is 16.5. The summed E-state index contributed by atoms with van der Waals surface area (Å²) in [4.78, 5) is 15.2. The Kier molecular flexibility index (Phi) is 5.43. The van der Waals surface area contributed by atoms with Crippen molar-refractivity contribution in [3.63, 3.8) is 0 Å². The lowest BCUT2D eigenvalue weighted by molar-refractivity contribution is -0.152. The van der Waals surface area contributed by atoms with Gasteiger partial charge in [-0.1, -0.05) is 39.5 Å². The Balaban J connectivity index is 1.80. The van der Waals surface area contributed by atoms with Gasteiger partial charge in [-0.05, 0) is 50.4 Å². The minimum Gasteiger partial charge on any atom is -0.465 e. The average Bonchev–Trinajstić information content (AvgIpc) is 2.89. The Hall–Kier alpha value is -0.570. The first-order valence-electron chi connectivity index (χ1n) is 9.72. The highest BCUT2D eigenvalue weighted by Crippen LogP contribution is 2.50. The zero-order valence-electron chi connectivity index (χ0n) is 14.4. The first kappa shape index (κ1) is 16.3. The zero-order valence-corrected chi connectivity index (χ0v) is 14.4. The molecule has 3 heteroatoms. The van der Waals surface area contributed by atoms with Crippen molar-refractivity contribution in [1.82, 2.24) is 4.90 Å². The third-order valence-corrected chi connectivity index (χ3v) is 6.35. The zero-order chi connectivity index (χ0) is 15.5. The molecule has 5 unspecified atom stereocenters. The summed E-state index contributed by atoms with van der Waals surface area (Å²) in [6.07, 6.45) is 12.7. The smallest absolute Gasteiger partial charge is 0.323 e. The molecule has 0 aromatic heterocycles. The van der Waals surface area contributed by atoms with Crippen molar-refractivity contribution in [2.24, 2.45) is 11.8 Å². The van der Waals surface area contributed by atoms with E-state index >= 15 is 0 Å². The number of carbonyl (C=O) groups excluding carboxylic acids is 1. The minimum atomic E-state index is 0.00486. The summed E-state index contributed by atoms with van der Waals surface area (Å²) in [6, 6.07) is 1.31. The Bertz CT molecular complexity index is 362. The first-order valence-corrected chi connectivity index (χ1v) is 9.72. The standard InChI is InChI=1S/C19H33NO2/c1-3-13-22-19(21)16(4-2)20-17-11-7-5-9-14(17)15-10-6-8-12-18(15)20/h14-18H,3-13H2,1-2H3. The van der Waals surface area contributed by atoms with Gasteiger partial charge in [0.05, 0.1) is 6.61 Å². The number of carbonyl (C=O) groups is 1. The summed E-state index contributed by atoms with van der Waals surface area (Å²) in [5.41, 5.74) is 0. The Morgan fingerprint density at radius 3 is 2.05 bits per heavy atom. The minimum absolute atomic E-state index is 0.00486. The monoisotopic (exact) mass is 307 g/mol. The van der Waals surface area contributed by atoms with E-state index in [-0.39, 0.29) is 12.0 Å². The molecule has 2 aliphatic carbocycles. The third-order valence-electron chi connectivity index (χ3n) is 6.35. The molecule has 0 bridgehead atoms. The van der Waals surface area contributed by atoms with Crippen LogP contribution in [0.3, 0.4) is 0 Å². The molecule has 1 aliphatic heterocycles. The topological polar surface area (TPSA) is 29.5 Å². The van der Waals surface area contributed by atoms with Crippen molar-refractivity contribution >= 4 is 5.97 Å². The molecule has 0 radical (unpaired) electrons.